The van der Waals surface area contributed by atoms with Crippen LogP contribution in [0.3, 0.4) is 0 Å². The Morgan fingerprint density at radius 1 is 1.28 bits per heavy atom. The van der Waals surface area contributed by atoms with Gasteiger partial charge >= 0.3 is 5.97 Å². The normalized spacial score (nSPS) is 23.5. The summed E-state index contributed by atoms with van der Waals surface area (Å²) in [6.45, 7) is 6.04. The molecule has 10 heteroatoms. The van der Waals surface area contributed by atoms with Gasteiger partial charge in [0.1, 0.15) is 6.10 Å². The molecule has 3 saturated heterocycles. The summed E-state index contributed by atoms with van der Waals surface area (Å²) in [7, 11) is 0. The first-order valence-corrected chi connectivity index (χ1v) is 11.3. The molecule has 0 radical (unpaired) electrons. The maximum Gasteiger partial charge on any atom is 0.312 e. The Bertz CT molecular complexity index is 781. The molecule has 4 heterocycles. The van der Waals surface area contributed by atoms with Gasteiger partial charge in [0.15, 0.2) is 0 Å². The Hall–Kier alpha value is -2.46. The third-order valence-electron chi connectivity index (χ3n) is 6.88. The maximum atomic E-state index is 12.7. The highest BCUT2D eigenvalue weighted by molar-refractivity contribution is 5.80. The number of esters is 1. The third kappa shape index (κ3) is 5.86. The van der Waals surface area contributed by atoms with E-state index in [1.165, 1.54) is 0 Å². The Labute approximate surface area is 188 Å². The third-order valence-corrected chi connectivity index (χ3v) is 6.88. The maximum absolute atomic E-state index is 12.7. The van der Waals surface area contributed by atoms with Crippen LogP contribution in [0.4, 0.5) is 0 Å². The SMILES string of the molecule is Cc1ccnn1CCC(=O)N1CCC2(CC1)CC(CN1CCC(O)CC1)OC2=O.O=CO. The number of ether oxygens (including phenoxy) is 1. The van der Waals surface area contributed by atoms with Crippen LogP contribution in [0.1, 0.15) is 44.2 Å². The number of aryl methyl sites for hydroxylation is 2. The summed E-state index contributed by atoms with van der Waals surface area (Å²) in [5.41, 5.74) is 0.633. The van der Waals surface area contributed by atoms with Gasteiger partial charge in [-0.3, -0.25) is 24.0 Å². The molecular weight excluding hydrogens is 416 g/mol. The van der Waals surface area contributed by atoms with Crippen molar-refractivity contribution in [1.29, 1.82) is 0 Å². The van der Waals surface area contributed by atoms with Crippen molar-refractivity contribution in [2.45, 2.75) is 64.2 Å². The second-order valence-electron chi connectivity index (χ2n) is 8.98. The molecule has 1 amide bonds. The predicted molar refractivity (Wildman–Crippen MR) is 115 cm³/mol. The second-order valence-corrected chi connectivity index (χ2v) is 8.98. The van der Waals surface area contributed by atoms with Crippen molar-refractivity contribution >= 4 is 18.3 Å². The quantitative estimate of drug-likeness (QED) is 0.495. The number of cyclic esters (lactones) is 1. The fraction of sp³-hybridized carbons (Fsp3) is 0.727. The van der Waals surface area contributed by atoms with Crippen LogP contribution in [0, 0.1) is 12.3 Å². The molecule has 0 aliphatic carbocycles. The largest absolute Gasteiger partial charge is 0.483 e. The second kappa shape index (κ2) is 10.9. The summed E-state index contributed by atoms with van der Waals surface area (Å²) in [5, 5.41) is 20.8. The molecule has 178 valence electrons. The van der Waals surface area contributed by atoms with Gasteiger partial charge in [0, 0.05) is 64.0 Å². The molecule has 1 unspecified atom stereocenters. The van der Waals surface area contributed by atoms with E-state index in [2.05, 4.69) is 10.00 Å². The van der Waals surface area contributed by atoms with Crippen LogP contribution in [0.5, 0.6) is 0 Å². The van der Waals surface area contributed by atoms with Crippen LogP contribution in [0.25, 0.3) is 0 Å². The number of aliphatic hydroxyl groups is 1. The van der Waals surface area contributed by atoms with Gasteiger partial charge in [-0.15, -0.1) is 0 Å². The lowest BCUT2D eigenvalue weighted by Crippen LogP contribution is -2.45. The van der Waals surface area contributed by atoms with Gasteiger partial charge in [0.25, 0.3) is 6.47 Å². The summed E-state index contributed by atoms with van der Waals surface area (Å²) in [6.07, 6.45) is 5.63. The molecule has 0 bridgehead atoms. The molecule has 0 aromatic carbocycles. The van der Waals surface area contributed by atoms with Gasteiger partial charge in [0.05, 0.1) is 11.5 Å². The monoisotopic (exact) mass is 450 g/mol. The summed E-state index contributed by atoms with van der Waals surface area (Å²) in [5.74, 6) is 0.0448. The van der Waals surface area contributed by atoms with Gasteiger partial charge in [-0.25, -0.2) is 0 Å². The highest BCUT2D eigenvalue weighted by Gasteiger charge is 2.51. The lowest BCUT2D eigenvalue weighted by molar-refractivity contribution is -0.153. The summed E-state index contributed by atoms with van der Waals surface area (Å²) in [6, 6.07) is 1.93. The van der Waals surface area contributed by atoms with Crippen LogP contribution >= 0.6 is 0 Å². The fourth-order valence-electron chi connectivity index (χ4n) is 4.91. The zero-order chi connectivity index (χ0) is 23.1. The van der Waals surface area contributed by atoms with Crippen molar-refractivity contribution in [3.63, 3.8) is 0 Å². The fourth-order valence-corrected chi connectivity index (χ4v) is 4.91. The van der Waals surface area contributed by atoms with Crippen molar-refractivity contribution in [1.82, 2.24) is 19.6 Å². The van der Waals surface area contributed by atoms with Crippen LogP contribution in [-0.2, 0) is 25.7 Å². The smallest absolute Gasteiger partial charge is 0.312 e. The number of carboxylic acid groups (broad SMARTS) is 1. The lowest BCUT2D eigenvalue weighted by Gasteiger charge is -2.36. The Morgan fingerprint density at radius 2 is 1.94 bits per heavy atom. The zero-order valence-corrected chi connectivity index (χ0v) is 18.7. The van der Waals surface area contributed by atoms with E-state index in [1.807, 2.05) is 22.6 Å². The van der Waals surface area contributed by atoms with Crippen molar-refractivity contribution in [2.24, 2.45) is 5.41 Å². The number of nitrogens with zero attached hydrogens (tertiary/aromatic N) is 4. The van der Waals surface area contributed by atoms with E-state index >= 15 is 0 Å². The van der Waals surface area contributed by atoms with Gasteiger partial charge in [0.2, 0.25) is 5.91 Å². The number of aromatic nitrogens is 2. The molecule has 1 spiro atoms. The number of hydrogen-bond acceptors (Lipinski definition) is 7. The van der Waals surface area contributed by atoms with E-state index in [9.17, 15) is 14.7 Å². The van der Waals surface area contributed by atoms with E-state index in [4.69, 9.17) is 14.6 Å². The van der Waals surface area contributed by atoms with Crippen LogP contribution < -0.4 is 0 Å². The van der Waals surface area contributed by atoms with Crippen molar-refractivity contribution in [3.05, 3.63) is 18.0 Å². The number of amides is 1. The molecule has 4 rings (SSSR count). The number of hydrogen-bond donors (Lipinski definition) is 2. The van der Waals surface area contributed by atoms with E-state index < -0.39 is 5.41 Å². The van der Waals surface area contributed by atoms with E-state index in [-0.39, 0.29) is 30.6 Å². The average Bonchev–Trinajstić information content (AvgIpc) is 3.31. The minimum atomic E-state index is -0.421. The molecule has 2 N–H and O–H groups in total. The highest BCUT2D eigenvalue weighted by Crippen LogP contribution is 2.43. The lowest BCUT2D eigenvalue weighted by atomic mass is 9.76. The summed E-state index contributed by atoms with van der Waals surface area (Å²) >= 11 is 0. The first kappa shape index (κ1) is 24.2. The number of aliphatic hydroxyl groups excluding tert-OH is 1. The van der Waals surface area contributed by atoms with Crippen molar-refractivity contribution in [2.75, 3.05) is 32.7 Å². The van der Waals surface area contributed by atoms with Gasteiger partial charge in [-0.05, 0) is 38.7 Å². The molecule has 3 aliphatic rings. The van der Waals surface area contributed by atoms with E-state index in [0.717, 1.165) is 44.6 Å². The molecule has 1 aromatic heterocycles. The zero-order valence-electron chi connectivity index (χ0n) is 18.7. The standard InChI is InChI=1S/C21H32N4O4.CH2O2/c1-16-2-8-22-25(16)11-5-19(27)24-12-6-21(7-13-24)14-18(29-20(21)28)15-23-9-3-17(26)4-10-23;2-1-3/h2,8,17-18,26H,3-7,9-15H2,1H3;1H,(H,2,3). The Balaban J connectivity index is 0.000000913. The molecule has 3 fully saturated rings. The van der Waals surface area contributed by atoms with Crippen LogP contribution in [0.2, 0.25) is 0 Å². The number of carbonyl (C=O) groups excluding carboxylic acids is 2. The number of carbonyl (C=O) groups is 3. The number of likely N-dealkylation sites (tertiary alicyclic amines) is 2. The highest BCUT2D eigenvalue weighted by atomic mass is 16.6. The topological polar surface area (TPSA) is 125 Å². The summed E-state index contributed by atoms with van der Waals surface area (Å²) < 4.78 is 7.58. The van der Waals surface area contributed by atoms with Crippen molar-refractivity contribution < 1.29 is 29.3 Å². The number of piperidine rings is 2. The molecular formula is C22H34N4O6. The molecule has 1 aromatic rings. The van der Waals surface area contributed by atoms with Crippen molar-refractivity contribution in [3.8, 4) is 0 Å². The Morgan fingerprint density at radius 3 is 2.53 bits per heavy atom. The average molecular weight is 451 g/mol. The van der Waals surface area contributed by atoms with Crippen LogP contribution in [-0.4, -0.2) is 93.1 Å². The van der Waals surface area contributed by atoms with E-state index in [1.54, 1.807) is 6.20 Å². The number of rotatable bonds is 5. The molecule has 32 heavy (non-hydrogen) atoms. The molecule has 1 atom stereocenters. The molecule has 3 aliphatic heterocycles. The predicted octanol–water partition coefficient (Wildman–Crippen LogP) is 0.663. The van der Waals surface area contributed by atoms with Crippen LogP contribution in [0.15, 0.2) is 12.3 Å². The first-order chi connectivity index (χ1) is 15.4. The van der Waals surface area contributed by atoms with Gasteiger partial charge < -0.3 is 19.8 Å². The van der Waals surface area contributed by atoms with Gasteiger partial charge in [-0.1, -0.05) is 0 Å². The summed E-state index contributed by atoms with van der Waals surface area (Å²) in [4.78, 5) is 37.8. The molecule has 0 saturated carbocycles. The minimum absolute atomic E-state index is 0.0669. The molecule has 10 nitrogen and oxygen atoms in total. The van der Waals surface area contributed by atoms with E-state index in [0.29, 0.717) is 38.9 Å². The minimum Gasteiger partial charge on any atom is -0.483 e. The van der Waals surface area contributed by atoms with Gasteiger partial charge in [-0.2, -0.15) is 5.10 Å². The Kier molecular flexibility index (Phi) is 8.25. The first-order valence-electron chi connectivity index (χ1n) is 11.3.